The maximum absolute atomic E-state index is 10.1. The molecule has 30 heavy (non-hydrogen) atoms. The Morgan fingerprint density at radius 1 is 0.933 bits per heavy atom. The van der Waals surface area contributed by atoms with Crippen molar-refractivity contribution < 1.29 is 5.11 Å². The van der Waals surface area contributed by atoms with Crippen molar-refractivity contribution in [1.82, 2.24) is 15.0 Å². The Morgan fingerprint density at radius 3 is 2.47 bits per heavy atom. The Bertz CT molecular complexity index is 1360. The monoisotopic (exact) mass is 416 g/mol. The number of aromatic nitrogens is 3. The molecule has 4 N–H and O–H groups in total. The highest BCUT2D eigenvalue weighted by Gasteiger charge is 2.15. The fourth-order valence-corrected chi connectivity index (χ4v) is 3.93. The van der Waals surface area contributed by atoms with Crippen LogP contribution in [0.1, 0.15) is 19.4 Å². The number of anilines is 2. The first kappa shape index (κ1) is 18.7. The average Bonchev–Trinajstić information content (AvgIpc) is 3.33. The van der Waals surface area contributed by atoms with E-state index in [9.17, 15) is 5.11 Å². The molecular weight excluding hydrogens is 396 g/mol. The minimum atomic E-state index is -0.849. The van der Waals surface area contributed by atoms with Gasteiger partial charge in [0.15, 0.2) is 0 Å². The van der Waals surface area contributed by atoms with Crippen LogP contribution in [0.5, 0.6) is 0 Å². The molecule has 0 unspecified atom stereocenters. The van der Waals surface area contributed by atoms with E-state index in [1.165, 1.54) is 0 Å². The highest BCUT2D eigenvalue weighted by atomic mass is 35.5. The minimum absolute atomic E-state index is 0.654. The largest absolute Gasteiger partial charge is 0.386 e. The molecular formula is C24H21ClN4O. The van der Waals surface area contributed by atoms with Gasteiger partial charge in [0.05, 0.1) is 21.7 Å². The summed E-state index contributed by atoms with van der Waals surface area (Å²) < 4.78 is 0. The van der Waals surface area contributed by atoms with Gasteiger partial charge >= 0.3 is 0 Å². The Hall–Kier alpha value is -3.28. The molecule has 0 bridgehead atoms. The summed E-state index contributed by atoms with van der Waals surface area (Å²) in [6.07, 6.45) is 1.87. The molecule has 0 amide bonds. The highest BCUT2D eigenvalue weighted by molar-refractivity contribution is 6.35. The summed E-state index contributed by atoms with van der Waals surface area (Å²) in [5.74, 6) is 0.654. The zero-order chi connectivity index (χ0) is 20.9. The van der Waals surface area contributed by atoms with Gasteiger partial charge < -0.3 is 20.4 Å². The predicted molar refractivity (Wildman–Crippen MR) is 123 cm³/mol. The maximum atomic E-state index is 10.1. The van der Waals surface area contributed by atoms with E-state index in [0.29, 0.717) is 11.0 Å². The molecule has 0 spiro atoms. The van der Waals surface area contributed by atoms with Crippen LogP contribution in [0.2, 0.25) is 5.02 Å². The van der Waals surface area contributed by atoms with Crippen molar-refractivity contribution in [3.05, 3.63) is 77.4 Å². The third-order valence-electron chi connectivity index (χ3n) is 5.29. The molecule has 0 saturated heterocycles. The van der Waals surface area contributed by atoms with E-state index in [2.05, 4.69) is 26.3 Å². The van der Waals surface area contributed by atoms with Crippen molar-refractivity contribution in [2.24, 2.45) is 0 Å². The zero-order valence-electron chi connectivity index (χ0n) is 16.6. The highest BCUT2D eigenvalue weighted by Crippen LogP contribution is 2.30. The Labute approximate surface area is 178 Å². The van der Waals surface area contributed by atoms with Gasteiger partial charge in [0.25, 0.3) is 0 Å². The first-order chi connectivity index (χ1) is 14.4. The Balaban J connectivity index is 1.44. The van der Waals surface area contributed by atoms with Gasteiger partial charge in [0.2, 0.25) is 5.95 Å². The number of fused-ring (bicyclic) bond motifs is 2. The quantitative estimate of drug-likeness (QED) is 0.276. The van der Waals surface area contributed by atoms with E-state index >= 15 is 0 Å². The number of rotatable bonds is 4. The summed E-state index contributed by atoms with van der Waals surface area (Å²) in [5.41, 5.74) is 5.84. The number of hydrogen-bond acceptors (Lipinski definition) is 3. The van der Waals surface area contributed by atoms with Crippen LogP contribution in [0.25, 0.3) is 33.1 Å². The smallest absolute Gasteiger partial charge is 0.205 e. The van der Waals surface area contributed by atoms with Crippen molar-refractivity contribution in [2.75, 3.05) is 5.32 Å². The predicted octanol–water partition coefficient (Wildman–Crippen LogP) is 6.34. The first-order valence-corrected chi connectivity index (χ1v) is 10.1. The topological polar surface area (TPSA) is 76.7 Å². The van der Waals surface area contributed by atoms with Gasteiger partial charge in [0.1, 0.15) is 0 Å². The van der Waals surface area contributed by atoms with Crippen LogP contribution < -0.4 is 5.32 Å². The van der Waals surface area contributed by atoms with Crippen molar-refractivity contribution in [2.45, 2.75) is 19.4 Å². The van der Waals surface area contributed by atoms with Crippen LogP contribution in [0.4, 0.5) is 11.6 Å². The molecule has 5 rings (SSSR count). The van der Waals surface area contributed by atoms with Gasteiger partial charge in [-0.15, -0.1) is 0 Å². The van der Waals surface area contributed by atoms with E-state index in [-0.39, 0.29) is 0 Å². The molecule has 5 aromatic rings. The second kappa shape index (κ2) is 6.90. The number of imidazole rings is 1. The van der Waals surface area contributed by atoms with E-state index in [1.54, 1.807) is 13.8 Å². The molecule has 0 aliphatic heterocycles. The first-order valence-electron chi connectivity index (χ1n) is 9.73. The van der Waals surface area contributed by atoms with Crippen LogP contribution in [-0.2, 0) is 5.60 Å². The molecule has 0 saturated carbocycles. The normalized spacial score (nSPS) is 12.0. The number of nitrogens with zero attached hydrogens (tertiary/aromatic N) is 1. The lowest BCUT2D eigenvalue weighted by atomic mass is 9.95. The van der Waals surface area contributed by atoms with Gasteiger partial charge in [-0.1, -0.05) is 41.9 Å². The Kier molecular flexibility index (Phi) is 4.31. The van der Waals surface area contributed by atoms with Crippen molar-refractivity contribution in [3.63, 3.8) is 0 Å². The van der Waals surface area contributed by atoms with E-state index in [1.807, 2.05) is 60.8 Å². The van der Waals surface area contributed by atoms with E-state index < -0.39 is 5.60 Å². The van der Waals surface area contributed by atoms with Crippen LogP contribution >= 0.6 is 11.6 Å². The summed E-state index contributed by atoms with van der Waals surface area (Å²) >= 11 is 6.37. The van der Waals surface area contributed by atoms with Gasteiger partial charge in [-0.3, -0.25) is 0 Å². The molecule has 150 valence electrons. The number of H-pyrrole nitrogens is 2. The van der Waals surface area contributed by atoms with Crippen molar-refractivity contribution in [1.29, 1.82) is 0 Å². The number of hydrogen-bond donors (Lipinski definition) is 4. The third-order valence-corrected chi connectivity index (χ3v) is 5.60. The molecule has 0 aliphatic rings. The molecule has 0 fully saturated rings. The molecule has 2 aromatic heterocycles. The second-order valence-corrected chi connectivity index (χ2v) is 8.38. The van der Waals surface area contributed by atoms with Crippen molar-refractivity contribution in [3.8, 4) is 11.1 Å². The van der Waals surface area contributed by atoms with E-state index in [0.717, 1.165) is 44.3 Å². The molecule has 0 radical (unpaired) electrons. The van der Waals surface area contributed by atoms with Crippen molar-refractivity contribution >= 4 is 45.2 Å². The lowest BCUT2D eigenvalue weighted by Crippen LogP contribution is -2.14. The molecule has 6 heteroatoms. The maximum Gasteiger partial charge on any atom is 0.205 e. The van der Waals surface area contributed by atoms with Gasteiger partial charge in [-0.05, 0) is 60.9 Å². The van der Waals surface area contributed by atoms with Crippen LogP contribution in [0.15, 0.2) is 66.9 Å². The van der Waals surface area contributed by atoms with Crippen LogP contribution in [-0.4, -0.2) is 20.1 Å². The Morgan fingerprint density at radius 2 is 1.70 bits per heavy atom. The summed E-state index contributed by atoms with van der Waals surface area (Å²) in [6, 6.07) is 19.9. The molecule has 3 aromatic carbocycles. The summed E-state index contributed by atoms with van der Waals surface area (Å²) in [5, 5.41) is 15.1. The number of halogens is 1. The van der Waals surface area contributed by atoms with Crippen LogP contribution in [0, 0.1) is 0 Å². The van der Waals surface area contributed by atoms with E-state index in [4.69, 9.17) is 11.6 Å². The standard InChI is InChI=1S/C24H21ClN4O/c1-24(2,30)16-6-3-14(4-7-16)15-5-8-20-22(11-15)29-23(28-20)27-17-12-19(25)18-9-10-26-21(18)13-17/h3-13,26,30H,1-2H3,(H2,27,28,29). The number of aliphatic hydroxyl groups is 1. The zero-order valence-corrected chi connectivity index (χ0v) is 17.4. The van der Waals surface area contributed by atoms with Gasteiger partial charge in [-0.2, -0.15) is 0 Å². The molecule has 2 heterocycles. The fourth-order valence-electron chi connectivity index (χ4n) is 3.65. The number of aromatic amines is 2. The fraction of sp³-hybridized carbons (Fsp3) is 0.125. The molecule has 0 atom stereocenters. The lowest BCUT2D eigenvalue weighted by Gasteiger charge is -2.17. The summed E-state index contributed by atoms with van der Waals surface area (Å²) in [7, 11) is 0. The average molecular weight is 417 g/mol. The molecule has 0 aliphatic carbocycles. The summed E-state index contributed by atoms with van der Waals surface area (Å²) in [4.78, 5) is 11.2. The SMILES string of the molecule is CC(C)(O)c1ccc(-c2ccc3nc(Nc4cc(Cl)c5cc[nH]c5c4)[nH]c3c2)cc1. The lowest BCUT2D eigenvalue weighted by molar-refractivity contribution is 0.0786. The molecule has 5 nitrogen and oxygen atoms in total. The third kappa shape index (κ3) is 3.43. The number of benzene rings is 3. The minimum Gasteiger partial charge on any atom is -0.386 e. The summed E-state index contributed by atoms with van der Waals surface area (Å²) in [6.45, 7) is 3.57. The van der Waals surface area contributed by atoms with Gasteiger partial charge in [0, 0.05) is 22.8 Å². The van der Waals surface area contributed by atoms with Crippen LogP contribution in [0.3, 0.4) is 0 Å². The second-order valence-electron chi connectivity index (χ2n) is 7.98. The van der Waals surface area contributed by atoms with Gasteiger partial charge in [-0.25, -0.2) is 4.98 Å². The number of nitrogens with one attached hydrogen (secondary N) is 3.